The second-order valence-corrected chi connectivity index (χ2v) is 8.30. The molecule has 2 aromatic heterocycles. The number of methoxy groups -OCH3 is 1. The van der Waals surface area contributed by atoms with Crippen molar-refractivity contribution >= 4 is 22.7 Å². The summed E-state index contributed by atoms with van der Waals surface area (Å²) in [6.07, 6.45) is -3.33. The number of alkyl halides is 3. The molecule has 8 nitrogen and oxygen atoms in total. The Bertz CT molecular complexity index is 1610. The van der Waals surface area contributed by atoms with E-state index in [2.05, 4.69) is 15.4 Å². The van der Waals surface area contributed by atoms with Gasteiger partial charge in [-0.15, -0.1) is 0 Å². The minimum atomic E-state index is -4.70. The molecule has 0 aliphatic carbocycles. The van der Waals surface area contributed by atoms with Gasteiger partial charge < -0.3 is 15.8 Å². The number of fused-ring (bicyclic) bond motifs is 1. The molecule has 38 heavy (non-hydrogen) atoms. The van der Waals surface area contributed by atoms with Crippen LogP contribution in [0.5, 0.6) is 5.88 Å². The molecule has 3 N–H and O–H groups in total. The van der Waals surface area contributed by atoms with Gasteiger partial charge in [-0.25, -0.2) is 9.37 Å². The van der Waals surface area contributed by atoms with Crippen LogP contribution in [0.2, 0.25) is 0 Å². The average molecular weight is 532 g/mol. The first-order chi connectivity index (χ1) is 18.8. The molecule has 0 fully saturated rings. The highest BCUT2D eigenvalue weighted by Crippen LogP contribution is 2.33. The van der Waals surface area contributed by atoms with Crippen molar-refractivity contribution in [3.63, 3.8) is 0 Å². The standard InChI is InChI=1S/C26H23F4N5O3/c1-4-35-21-10-14(5-7-17(21)22(34-35)23(31)36)15-9-19(25(38-3)32-12-15)24(37)33-13(2)18-11-16(26(28,29)30)6-8-20(18)27/h5-13H,4H2,1-3H3,(H2,31,36)(H,33,37)/t13-/m1/s1/i3D,4D/t4?,13-. The van der Waals surface area contributed by atoms with E-state index in [0.29, 0.717) is 40.2 Å². The molecule has 4 rings (SSSR count). The van der Waals surface area contributed by atoms with Crippen molar-refractivity contribution in [3.05, 3.63) is 76.9 Å². The number of pyridine rings is 1. The summed E-state index contributed by atoms with van der Waals surface area (Å²) < 4.78 is 75.7. The highest BCUT2D eigenvalue weighted by atomic mass is 19.4. The van der Waals surface area contributed by atoms with Gasteiger partial charge >= 0.3 is 6.18 Å². The predicted octanol–water partition coefficient (Wildman–Crippen LogP) is 4.87. The minimum Gasteiger partial charge on any atom is -0.480 e. The SMILES string of the molecule is [2H]COc1ncc(-c2ccc3c(C(N)=O)nn(C([2H])C)c3c2)cc1C(=O)N[C@H](C)c1cc(C(F)(F)F)ccc1F. The minimum absolute atomic E-state index is 0.00570. The third-order valence-corrected chi connectivity index (χ3v) is 5.89. The smallest absolute Gasteiger partial charge is 0.416 e. The van der Waals surface area contributed by atoms with Gasteiger partial charge in [0.1, 0.15) is 11.4 Å². The van der Waals surface area contributed by atoms with Crippen LogP contribution in [0.3, 0.4) is 0 Å². The van der Waals surface area contributed by atoms with Gasteiger partial charge in [-0.2, -0.15) is 18.3 Å². The number of rotatable bonds is 7. The van der Waals surface area contributed by atoms with Crippen molar-refractivity contribution in [1.82, 2.24) is 20.1 Å². The number of hydrogen-bond donors (Lipinski definition) is 2. The number of nitrogens with zero attached hydrogens (tertiary/aromatic N) is 3. The van der Waals surface area contributed by atoms with Crippen LogP contribution in [-0.4, -0.2) is 33.7 Å². The first-order valence-electron chi connectivity index (χ1n) is 12.4. The lowest BCUT2D eigenvalue weighted by Gasteiger charge is -2.18. The van der Waals surface area contributed by atoms with Gasteiger partial charge in [0, 0.05) is 29.2 Å². The average Bonchev–Trinajstić information content (AvgIpc) is 3.28. The maximum atomic E-state index is 14.4. The first kappa shape index (κ1) is 23.9. The van der Waals surface area contributed by atoms with E-state index in [1.807, 2.05) is 0 Å². The number of nitrogens with two attached hydrogens (primary N) is 1. The number of ether oxygens (including phenoxy) is 1. The molecule has 0 saturated heterocycles. The van der Waals surface area contributed by atoms with Crippen LogP contribution in [0.25, 0.3) is 22.0 Å². The number of carbonyl (C=O) groups is 2. The van der Waals surface area contributed by atoms with Gasteiger partial charge in [0.15, 0.2) is 5.69 Å². The summed E-state index contributed by atoms with van der Waals surface area (Å²) in [7, 11) is -0.577. The number of carbonyl (C=O) groups excluding carboxylic acids is 2. The number of aromatic nitrogens is 3. The van der Waals surface area contributed by atoms with E-state index < -0.39 is 49.0 Å². The lowest BCUT2D eigenvalue weighted by molar-refractivity contribution is -0.137. The Morgan fingerprint density at radius 1 is 1.21 bits per heavy atom. The molecule has 0 aliphatic heterocycles. The summed E-state index contributed by atoms with van der Waals surface area (Å²) in [6.45, 7) is 2.03. The van der Waals surface area contributed by atoms with Crippen LogP contribution in [0.15, 0.2) is 48.7 Å². The first-order valence-corrected chi connectivity index (χ1v) is 11.2. The fraction of sp³-hybridized carbons (Fsp3) is 0.231. The number of benzene rings is 2. The van der Waals surface area contributed by atoms with Crippen LogP contribution in [0.4, 0.5) is 17.6 Å². The third-order valence-electron chi connectivity index (χ3n) is 5.89. The summed E-state index contributed by atoms with van der Waals surface area (Å²) in [6, 6.07) is 6.98. The zero-order valence-electron chi connectivity index (χ0n) is 22.1. The van der Waals surface area contributed by atoms with Crippen molar-refractivity contribution in [1.29, 1.82) is 0 Å². The Morgan fingerprint density at radius 2 is 1.97 bits per heavy atom. The molecule has 12 heteroatoms. The summed E-state index contributed by atoms with van der Waals surface area (Å²) in [5.41, 5.74) is 5.17. The predicted molar refractivity (Wildman–Crippen MR) is 131 cm³/mol. The Kier molecular flexibility index (Phi) is 6.36. The Morgan fingerprint density at radius 3 is 2.63 bits per heavy atom. The molecular formula is C26H23F4N5O3. The fourth-order valence-corrected chi connectivity index (χ4v) is 3.99. The number of primary amides is 1. The molecule has 0 aliphatic rings. The van der Waals surface area contributed by atoms with Crippen LogP contribution in [0.1, 0.15) is 54.6 Å². The molecule has 2 amide bonds. The third kappa shape index (κ3) is 5.01. The number of halogens is 4. The van der Waals surface area contributed by atoms with Crippen molar-refractivity contribution in [3.8, 4) is 17.0 Å². The molecule has 0 spiro atoms. The van der Waals surface area contributed by atoms with Crippen molar-refractivity contribution in [2.24, 2.45) is 5.73 Å². The Balaban J connectivity index is 1.72. The zero-order valence-corrected chi connectivity index (χ0v) is 20.1. The topological polar surface area (TPSA) is 112 Å². The molecule has 2 aromatic carbocycles. The second-order valence-electron chi connectivity index (χ2n) is 8.30. The zero-order chi connectivity index (χ0) is 29.4. The van der Waals surface area contributed by atoms with Crippen molar-refractivity contribution < 1.29 is 34.6 Å². The molecule has 0 bridgehead atoms. The Hall–Kier alpha value is -4.48. The quantitative estimate of drug-likeness (QED) is 0.331. The number of nitrogens with one attached hydrogen (secondary N) is 1. The largest absolute Gasteiger partial charge is 0.480 e. The lowest BCUT2D eigenvalue weighted by Crippen LogP contribution is -2.28. The van der Waals surface area contributed by atoms with Crippen molar-refractivity contribution in [2.45, 2.75) is 32.6 Å². The summed E-state index contributed by atoms with van der Waals surface area (Å²) in [4.78, 5) is 29.2. The molecule has 4 aromatic rings. The summed E-state index contributed by atoms with van der Waals surface area (Å²) >= 11 is 0. The fourth-order valence-electron chi connectivity index (χ4n) is 3.99. The highest BCUT2D eigenvalue weighted by Gasteiger charge is 2.32. The monoisotopic (exact) mass is 531 g/mol. The van der Waals surface area contributed by atoms with E-state index in [4.69, 9.17) is 13.2 Å². The molecule has 2 heterocycles. The van der Waals surface area contributed by atoms with Crippen molar-refractivity contribution in [2.75, 3.05) is 7.09 Å². The summed E-state index contributed by atoms with van der Waals surface area (Å²) in [5.74, 6) is -2.74. The molecule has 2 atom stereocenters. The molecule has 1 unspecified atom stereocenters. The summed E-state index contributed by atoms with van der Waals surface area (Å²) in [5, 5.41) is 7.01. The molecule has 198 valence electrons. The van der Waals surface area contributed by atoms with E-state index in [0.717, 1.165) is 0 Å². The second kappa shape index (κ2) is 10.1. The van der Waals surface area contributed by atoms with Gasteiger partial charge in [-0.3, -0.25) is 14.3 Å². The van der Waals surface area contributed by atoms with E-state index in [9.17, 15) is 27.2 Å². The van der Waals surface area contributed by atoms with Crippen LogP contribution in [-0.2, 0) is 12.7 Å². The van der Waals surface area contributed by atoms with E-state index in [1.165, 1.54) is 23.9 Å². The van der Waals surface area contributed by atoms with Gasteiger partial charge in [-0.1, -0.05) is 6.07 Å². The normalized spacial score (nSPS) is 13.9. The van der Waals surface area contributed by atoms with E-state index in [1.54, 1.807) is 25.1 Å². The number of hydrogen-bond acceptors (Lipinski definition) is 5. The van der Waals surface area contributed by atoms with Gasteiger partial charge in [0.05, 0.1) is 26.9 Å². The van der Waals surface area contributed by atoms with E-state index in [-0.39, 0.29) is 22.7 Å². The maximum Gasteiger partial charge on any atom is 0.416 e. The lowest BCUT2D eigenvalue weighted by atomic mass is 10.0. The maximum absolute atomic E-state index is 14.4. The van der Waals surface area contributed by atoms with Crippen LogP contribution >= 0.6 is 0 Å². The number of amides is 2. The molecular weight excluding hydrogens is 506 g/mol. The van der Waals surface area contributed by atoms with Gasteiger partial charge in [-0.05, 0) is 55.8 Å². The van der Waals surface area contributed by atoms with Gasteiger partial charge in [0.2, 0.25) is 5.88 Å². The van der Waals surface area contributed by atoms with Crippen LogP contribution < -0.4 is 15.8 Å². The number of aryl methyl sites for hydroxylation is 1. The Labute approximate surface area is 217 Å². The highest BCUT2D eigenvalue weighted by molar-refractivity contribution is 6.05. The van der Waals surface area contributed by atoms with Gasteiger partial charge in [0.25, 0.3) is 11.8 Å². The molecule has 0 radical (unpaired) electrons. The van der Waals surface area contributed by atoms with E-state index >= 15 is 0 Å². The van der Waals surface area contributed by atoms with Crippen LogP contribution in [0, 0.1) is 5.82 Å². The molecule has 0 saturated carbocycles.